The first-order valence-corrected chi connectivity index (χ1v) is 1.91. The lowest BCUT2D eigenvalue weighted by Gasteiger charge is -1.92. The van der Waals surface area contributed by atoms with E-state index in [0.717, 1.165) is 0 Å². The van der Waals surface area contributed by atoms with Gasteiger partial charge >= 0.3 is 0 Å². The molecule has 0 unspecified atom stereocenters. The first-order valence-electron chi connectivity index (χ1n) is 1.91. The maximum absolute atomic E-state index is 4.94. The molecule has 0 aliphatic heterocycles. The highest BCUT2D eigenvalue weighted by molar-refractivity contribution is 5.91. The summed E-state index contributed by atoms with van der Waals surface area (Å²) in [5.41, 5.74) is 2.33. The standard InChI is InChI=1S/C4H9N3/c1-3-4(6-2)7-5/h3H,1,5H2,2H3,(H,6,7). The van der Waals surface area contributed by atoms with Crippen LogP contribution >= 0.6 is 0 Å². The Morgan fingerprint density at radius 1 is 2.00 bits per heavy atom. The number of hydrogen-bond donors (Lipinski definition) is 2. The summed E-state index contributed by atoms with van der Waals surface area (Å²) in [6.45, 7) is 3.43. The van der Waals surface area contributed by atoms with Crippen LogP contribution in [0.1, 0.15) is 0 Å². The van der Waals surface area contributed by atoms with Crippen molar-refractivity contribution in [2.45, 2.75) is 0 Å². The molecule has 0 atom stereocenters. The van der Waals surface area contributed by atoms with Gasteiger partial charge in [0.1, 0.15) is 5.84 Å². The molecule has 3 N–H and O–H groups in total. The number of hydrogen-bond acceptors (Lipinski definition) is 2. The SMILES string of the molecule is C=CC(=NC)NN. The first kappa shape index (κ1) is 6.17. The lowest BCUT2D eigenvalue weighted by molar-refractivity contribution is 1.03. The van der Waals surface area contributed by atoms with E-state index in [1.807, 2.05) is 0 Å². The van der Waals surface area contributed by atoms with Crippen molar-refractivity contribution in [1.82, 2.24) is 5.43 Å². The Kier molecular flexibility index (Phi) is 2.96. The molecule has 0 aliphatic carbocycles. The van der Waals surface area contributed by atoms with Crippen molar-refractivity contribution < 1.29 is 0 Å². The van der Waals surface area contributed by atoms with Crippen LogP contribution < -0.4 is 11.3 Å². The van der Waals surface area contributed by atoms with Crippen molar-refractivity contribution in [2.24, 2.45) is 10.8 Å². The molecule has 0 rings (SSSR count). The zero-order valence-corrected chi connectivity index (χ0v) is 4.31. The highest BCUT2D eigenvalue weighted by atomic mass is 15.2. The molecule has 0 bridgehead atoms. The van der Waals surface area contributed by atoms with Gasteiger partial charge in [-0.1, -0.05) is 6.58 Å². The van der Waals surface area contributed by atoms with Gasteiger partial charge in [-0.05, 0) is 6.08 Å². The van der Waals surface area contributed by atoms with Gasteiger partial charge in [0.15, 0.2) is 0 Å². The zero-order valence-electron chi connectivity index (χ0n) is 4.31. The number of amidine groups is 1. The molecule has 7 heavy (non-hydrogen) atoms. The lowest BCUT2D eigenvalue weighted by Crippen LogP contribution is -2.28. The number of nitrogens with two attached hydrogens (primary N) is 1. The largest absolute Gasteiger partial charge is 0.309 e. The fourth-order valence-electron chi connectivity index (χ4n) is 0.215. The quantitative estimate of drug-likeness (QED) is 0.204. The van der Waals surface area contributed by atoms with Crippen molar-refractivity contribution in [3.63, 3.8) is 0 Å². The molecule has 0 saturated carbocycles. The predicted octanol–water partition coefficient (Wildman–Crippen LogP) is -0.336. The highest BCUT2D eigenvalue weighted by Crippen LogP contribution is 1.65. The summed E-state index contributed by atoms with van der Waals surface area (Å²) in [5, 5.41) is 0. The van der Waals surface area contributed by atoms with Gasteiger partial charge in [-0.3, -0.25) is 4.99 Å². The fraction of sp³-hybridized carbons (Fsp3) is 0.250. The third-order valence-corrected chi connectivity index (χ3v) is 0.582. The molecule has 3 nitrogen and oxygen atoms in total. The minimum atomic E-state index is 0.597. The third-order valence-electron chi connectivity index (χ3n) is 0.582. The second kappa shape index (κ2) is 3.36. The van der Waals surface area contributed by atoms with Crippen LogP contribution in [-0.4, -0.2) is 12.9 Å². The molecule has 0 fully saturated rings. The van der Waals surface area contributed by atoms with Crippen molar-refractivity contribution in [1.29, 1.82) is 0 Å². The van der Waals surface area contributed by atoms with Crippen LogP contribution in [0.15, 0.2) is 17.6 Å². The van der Waals surface area contributed by atoms with Gasteiger partial charge in [-0.15, -0.1) is 0 Å². The molecule has 0 spiro atoms. The summed E-state index contributed by atoms with van der Waals surface area (Å²) >= 11 is 0. The number of nitrogens with zero attached hydrogens (tertiary/aromatic N) is 1. The Morgan fingerprint density at radius 3 is 2.57 bits per heavy atom. The summed E-state index contributed by atoms with van der Waals surface area (Å²) in [4.78, 5) is 3.69. The maximum Gasteiger partial charge on any atom is 0.134 e. The van der Waals surface area contributed by atoms with Gasteiger partial charge in [0.2, 0.25) is 0 Å². The van der Waals surface area contributed by atoms with Crippen molar-refractivity contribution in [2.75, 3.05) is 7.05 Å². The highest BCUT2D eigenvalue weighted by Gasteiger charge is 1.77. The second-order valence-corrected chi connectivity index (χ2v) is 0.957. The Hall–Kier alpha value is -0.830. The second-order valence-electron chi connectivity index (χ2n) is 0.957. The minimum Gasteiger partial charge on any atom is -0.309 e. The Morgan fingerprint density at radius 2 is 2.57 bits per heavy atom. The van der Waals surface area contributed by atoms with Crippen LogP contribution in [0.2, 0.25) is 0 Å². The normalized spacial score (nSPS) is 10.9. The molecule has 0 saturated heterocycles. The fourth-order valence-corrected chi connectivity index (χ4v) is 0.215. The number of aliphatic imine (C=N–C) groups is 1. The number of rotatable bonds is 1. The molecule has 0 radical (unpaired) electrons. The molecular weight excluding hydrogens is 90.1 g/mol. The van der Waals surface area contributed by atoms with Crippen molar-refractivity contribution in [3.05, 3.63) is 12.7 Å². The molecule has 0 heterocycles. The van der Waals surface area contributed by atoms with Crippen LogP contribution in [0.3, 0.4) is 0 Å². The molecule has 0 aliphatic rings. The molecular formula is C4H9N3. The van der Waals surface area contributed by atoms with Gasteiger partial charge < -0.3 is 5.43 Å². The van der Waals surface area contributed by atoms with E-state index in [9.17, 15) is 0 Å². The summed E-state index contributed by atoms with van der Waals surface area (Å²) in [6.07, 6.45) is 1.54. The topological polar surface area (TPSA) is 50.4 Å². The average Bonchev–Trinajstić information content (AvgIpc) is 1.72. The van der Waals surface area contributed by atoms with E-state index in [1.165, 1.54) is 0 Å². The summed E-state index contributed by atoms with van der Waals surface area (Å²) in [6, 6.07) is 0. The van der Waals surface area contributed by atoms with E-state index in [4.69, 9.17) is 5.84 Å². The average molecular weight is 99.1 g/mol. The zero-order chi connectivity index (χ0) is 5.70. The van der Waals surface area contributed by atoms with Crippen LogP contribution in [0.4, 0.5) is 0 Å². The van der Waals surface area contributed by atoms with Crippen LogP contribution in [-0.2, 0) is 0 Å². The summed E-state index contributed by atoms with van der Waals surface area (Å²) in [5.74, 6) is 5.54. The van der Waals surface area contributed by atoms with E-state index in [1.54, 1.807) is 13.1 Å². The van der Waals surface area contributed by atoms with Crippen LogP contribution in [0.5, 0.6) is 0 Å². The molecule has 0 aromatic rings. The van der Waals surface area contributed by atoms with Crippen molar-refractivity contribution in [3.8, 4) is 0 Å². The van der Waals surface area contributed by atoms with Crippen molar-refractivity contribution >= 4 is 5.84 Å². The monoisotopic (exact) mass is 99.1 g/mol. The van der Waals surface area contributed by atoms with E-state index >= 15 is 0 Å². The van der Waals surface area contributed by atoms with Crippen LogP contribution in [0, 0.1) is 0 Å². The number of nitrogens with one attached hydrogen (secondary N) is 1. The van der Waals surface area contributed by atoms with Gasteiger partial charge in [0, 0.05) is 7.05 Å². The molecule has 40 valence electrons. The Bertz CT molecular complexity index is 84.9. The van der Waals surface area contributed by atoms with E-state index in [2.05, 4.69) is 17.0 Å². The molecule has 0 aromatic heterocycles. The Labute approximate surface area is 42.9 Å². The van der Waals surface area contributed by atoms with E-state index in [0.29, 0.717) is 5.84 Å². The maximum atomic E-state index is 4.94. The molecule has 3 heteroatoms. The van der Waals surface area contributed by atoms with E-state index in [-0.39, 0.29) is 0 Å². The number of hydrazine groups is 1. The summed E-state index contributed by atoms with van der Waals surface area (Å²) in [7, 11) is 1.64. The molecule has 0 aromatic carbocycles. The third kappa shape index (κ3) is 1.94. The summed E-state index contributed by atoms with van der Waals surface area (Å²) < 4.78 is 0. The van der Waals surface area contributed by atoms with Gasteiger partial charge in [-0.25, -0.2) is 5.84 Å². The van der Waals surface area contributed by atoms with Gasteiger partial charge in [-0.2, -0.15) is 0 Å². The van der Waals surface area contributed by atoms with E-state index < -0.39 is 0 Å². The van der Waals surface area contributed by atoms with Gasteiger partial charge in [0.05, 0.1) is 0 Å². The van der Waals surface area contributed by atoms with Gasteiger partial charge in [0.25, 0.3) is 0 Å². The predicted molar refractivity (Wildman–Crippen MR) is 30.9 cm³/mol. The lowest BCUT2D eigenvalue weighted by atomic mass is 10.6. The minimum absolute atomic E-state index is 0.597. The first-order chi connectivity index (χ1) is 3.35. The van der Waals surface area contributed by atoms with Crippen LogP contribution in [0.25, 0.3) is 0 Å². The molecule has 0 amide bonds. The Balaban J connectivity index is 3.60. The smallest absolute Gasteiger partial charge is 0.134 e.